The number of aryl methyl sites for hydroxylation is 2. The van der Waals surface area contributed by atoms with E-state index in [1.54, 1.807) is 22.7 Å². The number of nitrogens with zero attached hydrogens (tertiary/aromatic N) is 5. The summed E-state index contributed by atoms with van der Waals surface area (Å²) in [5, 5.41) is 3.32. The van der Waals surface area contributed by atoms with Crippen LogP contribution in [-0.2, 0) is 6.54 Å². The molecule has 1 saturated heterocycles. The SMILES string of the molecule is Cc1sc2nc(-c3cccs3)nc(N3CCN(Cc4cccnc4)CC3)c2c1C. The summed E-state index contributed by atoms with van der Waals surface area (Å²) < 4.78 is 0. The second-order valence-corrected chi connectivity index (χ2v) is 9.59. The van der Waals surface area contributed by atoms with Gasteiger partial charge in [0.1, 0.15) is 10.6 Å². The monoisotopic (exact) mass is 421 g/mol. The van der Waals surface area contributed by atoms with Crippen LogP contribution in [0.5, 0.6) is 0 Å². The van der Waals surface area contributed by atoms with Crippen molar-refractivity contribution in [2.45, 2.75) is 20.4 Å². The van der Waals surface area contributed by atoms with Crippen LogP contribution in [0.15, 0.2) is 42.0 Å². The average Bonchev–Trinajstić information content (AvgIpc) is 3.38. The molecule has 148 valence electrons. The lowest BCUT2D eigenvalue weighted by molar-refractivity contribution is 0.249. The third-order valence-electron chi connectivity index (χ3n) is 5.55. The highest BCUT2D eigenvalue weighted by atomic mass is 32.1. The second kappa shape index (κ2) is 7.82. The van der Waals surface area contributed by atoms with Crippen LogP contribution >= 0.6 is 22.7 Å². The number of hydrogen-bond acceptors (Lipinski definition) is 7. The van der Waals surface area contributed by atoms with E-state index in [4.69, 9.17) is 9.97 Å². The Kier molecular flexibility index (Phi) is 5.03. The summed E-state index contributed by atoms with van der Waals surface area (Å²) in [7, 11) is 0. The maximum atomic E-state index is 5.05. The van der Waals surface area contributed by atoms with E-state index in [1.165, 1.54) is 21.4 Å². The van der Waals surface area contributed by atoms with Gasteiger partial charge in [0.2, 0.25) is 0 Å². The summed E-state index contributed by atoms with van der Waals surface area (Å²) in [6, 6.07) is 8.33. The van der Waals surface area contributed by atoms with Gasteiger partial charge in [0, 0.05) is 50.0 Å². The Morgan fingerprint density at radius 1 is 1.03 bits per heavy atom. The van der Waals surface area contributed by atoms with Crippen molar-refractivity contribution in [3.05, 3.63) is 58.0 Å². The zero-order valence-corrected chi connectivity index (χ0v) is 18.3. The van der Waals surface area contributed by atoms with Crippen LogP contribution in [0.3, 0.4) is 0 Å². The van der Waals surface area contributed by atoms with E-state index in [2.05, 4.69) is 52.2 Å². The van der Waals surface area contributed by atoms with E-state index in [1.807, 2.05) is 18.5 Å². The van der Waals surface area contributed by atoms with Crippen LogP contribution in [0.1, 0.15) is 16.0 Å². The van der Waals surface area contributed by atoms with Gasteiger partial charge in [-0.05, 0) is 42.5 Å². The fraction of sp³-hybridized carbons (Fsp3) is 0.318. The van der Waals surface area contributed by atoms with Gasteiger partial charge >= 0.3 is 0 Å². The predicted molar refractivity (Wildman–Crippen MR) is 122 cm³/mol. The molecule has 0 aromatic carbocycles. The van der Waals surface area contributed by atoms with Crippen LogP contribution in [0.25, 0.3) is 20.9 Å². The number of piperazine rings is 1. The normalized spacial score (nSPS) is 15.3. The first-order valence-electron chi connectivity index (χ1n) is 9.87. The molecular weight excluding hydrogens is 398 g/mol. The zero-order valence-electron chi connectivity index (χ0n) is 16.6. The van der Waals surface area contributed by atoms with Crippen molar-refractivity contribution in [3.63, 3.8) is 0 Å². The molecule has 1 fully saturated rings. The quantitative estimate of drug-likeness (QED) is 0.476. The first-order valence-corrected chi connectivity index (χ1v) is 11.6. The van der Waals surface area contributed by atoms with Crippen molar-refractivity contribution in [1.82, 2.24) is 19.9 Å². The van der Waals surface area contributed by atoms with Gasteiger partial charge in [0.25, 0.3) is 0 Å². The van der Waals surface area contributed by atoms with Crippen molar-refractivity contribution in [3.8, 4) is 10.7 Å². The molecule has 0 aliphatic carbocycles. The van der Waals surface area contributed by atoms with E-state index >= 15 is 0 Å². The lowest BCUT2D eigenvalue weighted by Gasteiger charge is -2.35. The van der Waals surface area contributed by atoms with Gasteiger partial charge in [-0.1, -0.05) is 12.1 Å². The number of fused-ring (bicyclic) bond motifs is 1. The Balaban J connectivity index is 1.44. The minimum Gasteiger partial charge on any atom is -0.353 e. The molecular formula is C22H23N5S2. The molecule has 5 rings (SSSR count). The number of rotatable bonds is 4. The molecule has 29 heavy (non-hydrogen) atoms. The highest BCUT2D eigenvalue weighted by molar-refractivity contribution is 7.19. The van der Waals surface area contributed by atoms with Gasteiger partial charge in [-0.3, -0.25) is 9.88 Å². The summed E-state index contributed by atoms with van der Waals surface area (Å²) in [4.78, 5) is 22.7. The fourth-order valence-corrected chi connectivity index (χ4v) is 5.52. The van der Waals surface area contributed by atoms with Gasteiger partial charge in [0.15, 0.2) is 5.82 Å². The first-order chi connectivity index (χ1) is 14.2. The molecule has 0 atom stereocenters. The standard InChI is InChI=1S/C22H23N5S2/c1-15-16(2)29-22-19(15)21(24-20(25-22)18-6-4-12-28-18)27-10-8-26(9-11-27)14-17-5-3-7-23-13-17/h3-7,12-13H,8-11,14H2,1-2H3. The molecule has 0 radical (unpaired) electrons. The molecule has 7 heteroatoms. The minimum absolute atomic E-state index is 0.849. The summed E-state index contributed by atoms with van der Waals surface area (Å²) in [6.45, 7) is 9.34. The number of aromatic nitrogens is 3. The fourth-order valence-electron chi connectivity index (χ4n) is 3.84. The summed E-state index contributed by atoms with van der Waals surface area (Å²) in [5.41, 5.74) is 2.59. The Hall–Kier alpha value is -2.35. The summed E-state index contributed by atoms with van der Waals surface area (Å²) in [5.74, 6) is 1.95. The minimum atomic E-state index is 0.849. The van der Waals surface area contributed by atoms with E-state index < -0.39 is 0 Å². The molecule has 0 amide bonds. The van der Waals surface area contributed by atoms with Gasteiger partial charge in [-0.15, -0.1) is 22.7 Å². The molecule has 0 spiro atoms. The number of hydrogen-bond donors (Lipinski definition) is 0. The average molecular weight is 422 g/mol. The smallest absolute Gasteiger partial charge is 0.173 e. The third kappa shape index (κ3) is 3.66. The van der Waals surface area contributed by atoms with Crippen molar-refractivity contribution >= 4 is 38.7 Å². The highest BCUT2D eigenvalue weighted by Crippen LogP contribution is 2.37. The lowest BCUT2D eigenvalue weighted by Crippen LogP contribution is -2.46. The Bertz CT molecular complexity index is 1110. The molecule has 0 bridgehead atoms. The van der Waals surface area contributed by atoms with Crippen molar-refractivity contribution in [1.29, 1.82) is 0 Å². The summed E-state index contributed by atoms with van der Waals surface area (Å²) >= 11 is 3.48. The Morgan fingerprint density at radius 3 is 2.62 bits per heavy atom. The van der Waals surface area contributed by atoms with E-state index in [0.717, 1.165) is 54.1 Å². The van der Waals surface area contributed by atoms with Gasteiger partial charge in [-0.2, -0.15) is 0 Å². The highest BCUT2D eigenvalue weighted by Gasteiger charge is 2.24. The molecule has 5 nitrogen and oxygen atoms in total. The maximum absolute atomic E-state index is 5.05. The molecule has 4 aromatic heterocycles. The van der Waals surface area contributed by atoms with Crippen molar-refractivity contribution in [2.24, 2.45) is 0 Å². The Labute approximate surface area is 178 Å². The maximum Gasteiger partial charge on any atom is 0.173 e. The molecule has 5 heterocycles. The molecule has 0 unspecified atom stereocenters. The van der Waals surface area contributed by atoms with E-state index in [-0.39, 0.29) is 0 Å². The van der Waals surface area contributed by atoms with Gasteiger partial charge < -0.3 is 4.90 Å². The lowest BCUT2D eigenvalue weighted by atomic mass is 10.2. The molecule has 0 N–H and O–H groups in total. The molecule has 1 aliphatic heterocycles. The van der Waals surface area contributed by atoms with Gasteiger partial charge in [-0.25, -0.2) is 9.97 Å². The third-order valence-corrected chi connectivity index (χ3v) is 7.52. The van der Waals surface area contributed by atoms with E-state index in [9.17, 15) is 0 Å². The number of thiophene rings is 2. The molecule has 0 saturated carbocycles. The van der Waals surface area contributed by atoms with E-state index in [0.29, 0.717) is 0 Å². The predicted octanol–water partition coefficient (Wildman–Crippen LogP) is 4.75. The van der Waals surface area contributed by atoms with Crippen molar-refractivity contribution in [2.75, 3.05) is 31.1 Å². The van der Waals surface area contributed by atoms with Crippen LogP contribution < -0.4 is 4.90 Å². The van der Waals surface area contributed by atoms with Gasteiger partial charge in [0.05, 0.1) is 10.3 Å². The van der Waals surface area contributed by atoms with Crippen LogP contribution in [0.4, 0.5) is 5.82 Å². The topological polar surface area (TPSA) is 45.2 Å². The number of anilines is 1. The summed E-state index contributed by atoms with van der Waals surface area (Å²) in [6.07, 6.45) is 3.79. The number of pyridine rings is 1. The van der Waals surface area contributed by atoms with Crippen molar-refractivity contribution < 1.29 is 0 Å². The van der Waals surface area contributed by atoms with Crippen LogP contribution in [0.2, 0.25) is 0 Å². The van der Waals surface area contributed by atoms with Crippen LogP contribution in [-0.4, -0.2) is 46.0 Å². The zero-order chi connectivity index (χ0) is 19.8. The molecule has 1 aliphatic rings. The first kappa shape index (κ1) is 18.7. The Morgan fingerprint density at radius 2 is 1.90 bits per heavy atom. The molecule has 4 aromatic rings. The van der Waals surface area contributed by atoms with Crippen LogP contribution in [0, 0.1) is 13.8 Å². The second-order valence-electron chi connectivity index (χ2n) is 7.44. The largest absolute Gasteiger partial charge is 0.353 e.